The first-order valence-electron chi connectivity index (χ1n) is 6.62. The van der Waals surface area contributed by atoms with E-state index in [1.54, 1.807) is 0 Å². The molecule has 6 heteroatoms. The number of hydrogen-bond donors (Lipinski definition) is 0. The summed E-state index contributed by atoms with van der Waals surface area (Å²) in [6.07, 6.45) is 1.42. The Kier molecular flexibility index (Phi) is 3.43. The van der Waals surface area contributed by atoms with Crippen LogP contribution in [-0.2, 0) is 9.47 Å². The van der Waals surface area contributed by atoms with Gasteiger partial charge in [0, 0.05) is 13.0 Å². The van der Waals surface area contributed by atoms with Crippen molar-refractivity contribution in [1.29, 1.82) is 0 Å². The summed E-state index contributed by atoms with van der Waals surface area (Å²) < 4.78 is 38.0. The first-order chi connectivity index (χ1) is 9.61. The lowest BCUT2D eigenvalue weighted by atomic mass is 10.0. The third-order valence-electron chi connectivity index (χ3n) is 3.70. The van der Waals surface area contributed by atoms with Gasteiger partial charge in [0.2, 0.25) is 0 Å². The number of nitrogens with zero attached hydrogens (tertiary/aromatic N) is 1. The highest BCUT2D eigenvalue weighted by atomic mass is 19.2. The predicted molar refractivity (Wildman–Crippen MR) is 66.1 cm³/mol. The summed E-state index contributed by atoms with van der Waals surface area (Å²) in [6, 6.07) is 3.61. The number of benzene rings is 1. The number of carbonyl (C=O) groups excluding carboxylic acids is 1. The molecule has 0 aliphatic carbocycles. The summed E-state index contributed by atoms with van der Waals surface area (Å²) in [5.41, 5.74) is -0.250. The molecule has 0 atom stereocenters. The summed E-state index contributed by atoms with van der Waals surface area (Å²) in [4.78, 5) is 13.8. The van der Waals surface area contributed by atoms with E-state index in [9.17, 15) is 13.6 Å². The van der Waals surface area contributed by atoms with Gasteiger partial charge in [-0.3, -0.25) is 4.79 Å². The van der Waals surface area contributed by atoms with Gasteiger partial charge in [-0.05, 0) is 18.6 Å². The van der Waals surface area contributed by atoms with E-state index in [1.807, 2.05) is 0 Å². The van der Waals surface area contributed by atoms with Crippen LogP contribution in [0.15, 0.2) is 18.2 Å². The van der Waals surface area contributed by atoms with E-state index in [0.717, 1.165) is 6.07 Å². The van der Waals surface area contributed by atoms with Crippen LogP contribution in [0, 0.1) is 11.6 Å². The predicted octanol–water partition coefficient (Wildman–Crippen LogP) is 1.94. The van der Waals surface area contributed by atoms with Crippen molar-refractivity contribution in [3.05, 3.63) is 35.4 Å². The zero-order valence-corrected chi connectivity index (χ0v) is 10.9. The number of amides is 1. The summed E-state index contributed by atoms with van der Waals surface area (Å²) >= 11 is 0. The maximum Gasteiger partial charge on any atom is 0.257 e. The number of ether oxygens (including phenoxy) is 2. The fraction of sp³-hybridized carbons (Fsp3) is 0.500. The molecule has 0 radical (unpaired) electrons. The van der Waals surface area contributed by atoms with Crippen LogP contribution >= 0.6 is 0 Å². The summed E-state index contributed by atoms with van der Waals surface area (Å²) in [5.74, 6) is -3.42. The average Bonchev–Trinajstić information content (AvgIpc) is 2.89. The van der Waals surface area contributed by atoms with Crippen LogP contribution in [0.5, 0.6) is 0 Å². The third kappa shape index (κ3) is 2.29. The molecule has 4 nitrogen and oxygen atoms in total. The highest BCUT2D eigenvalue weighted by Gasteiger charge is 2.42. The molecule has 0 aromatic heterocycles. The van der Waals surface area contributed by atoms with Gasteiger partial charge in [-0.2, -0.15) is 0 Å². The molecule has 0 N–H and O–H groups in total. The van der Waals surface area contributed by atoms with Crippen molar-refractivity contribution in [2.45, 2.75) is 18.6 Å². The lowest BCUT2D eigenvalue weighted by molar-refractivity contribution is -0.183. The first kappa shape index (κ1) is 13.5. The zero-order valence-electron chi connectivity index (χ0n) is 10.9. The highest BCUT2D eigenvalue weighted by Crippen LogP contribution is 2.31. The standard InChI is InChI=1S/C14H15F2NO3/c15-11-4-1-3-10(12(11)16)13(18)17-6-2-5-14(9-17)19-7-8-20-14/h1,3-4H,2,5-9H2. The molecule has 1 aromatic carbocycles. The van der Waals surface area contributed by atoms with E-state index in [2.05, 4.69) is 0 Å². The van der Waals surface area contributed by atoms with Gasteiger partial charge in [-0.25, -0.2) is 8.78 Å². The lowest BCUT2D eigenvalue weighted by Crippen LogP contribution is -2.51. The maximum atomic E-state index is 13.7. The minimum Gasteiger partial charge on any atom is -0.346 e. The molecule has 0 bridgehead atoms. The van der Waals surface area contributed by atoms with E-state index in [-0.39, 0.29) is 12.1 Å². The minimum absolute atomic E-state index is 0.250. The van der Waals surface area contributed by atoms with Crippen LogP contribution in [0.1, 0.15) is 23.2 Å². The molecule has 0 saturated carbocycles. The van der Waals surface area contributed by atoms with Crippen molar-refractivity contribution in [3.8, 4) is 0 Å². The molecular weight excluding hydrogens is 268 g/mol. The first-order valence-corrected chi connectivity index (χ1v) is 6.62. The van der Waals surface area contributed by atoms with E-state index >= 15 is 0 Å². The number of carbonyl (C=O) groups is 1. The molecule has 1 spiro atoms. The molecule has 2 saturated heterocycles. The second-order valence-corrected chi connectivity index (χ2v) is 5.04. The van der Waals surface area contributed by atoms with Crippen LogP contribution in [0.2, 0.25) is 0 Å². The van der Waals surface area contributed by atoms with E-state index in [0.29, 0.717) is 32.6 Å². The maximum absolute atomic E-state index is 13.7. The van der Waals surface area contributed by atoms with Gasteiger partial charge in [0.25, 0.3) is 5.91 Å². The third-order valence-corrected chi connectivity index (χ3v) is 3.70. The summed E-state index contributed by atoms with van der Waals surface area (Å²) in [5, 5.41) is 0. The minimum atomic E-state index is -1.11. The van der Waals surface area contributed by atoms with Gasteiger partial charge >= 0.3 is 0 Å². The van der Waals surface area contributed by atoms with Crippen LogP contribution in [0.3, 0.4) is 0 Å². The molecule has 2 heterocycles. The van der Waals surface area contributed by atoms with E-state index in [1.165, 1.54) is 17.0 Å². The number of hydrogen-bond acceptors (Lipinski definition) is 3. The van der Waals surface area contributed by atoms with Crippen LogP contribution in [0.4, 0.5) is 8.78 Å². The Bertz CT molecular complexity index is 529. The Labute approximate surface area is 115 Å². The summed E-state index contributed by atoms with van der Waals surface area (Å²) in [7, 11) is 0. The highest BCUT2D eigenvalue weighted by molar-refractivity contribution is 5.94. The zero-order chi connectivity index (χ0) is 14.2. The molecular formula is C14H15F2NO3. The number of rotatable bonds is 1. The van der Waals surface area contributed by atoms with Gasteiger partial charge in [-0.1, -0.05) is 6.07 Å². The van der Waals surface area contributed by atoms with Gasteiger partial charge < -0.3 is 14.4 Å². The average molecular weight is 283 g/mol. The molecule has 2 aliphatic rings. The Hall–Kier alpha value is -1.53. The van der Waals surface area contributed by atoms with Crippen molar-refractivity contribution in [2.75, 3.05) is 26.3 Å². The van der Waals surface area contributed by atoms with Crippen molar-refractivity contribution in [2.24, 2.45) is 0 Å². The van der Waals surface area contributed by atoms with Crippen LogP contribution in [-0.4, -0.2) is 42.9 Å². The second kappa shape index (κ2) is 5.10. The van der Waals surface area contributed by atoms with Gasteiger partial charge in [0.05, 0.1) is 25.3 Å². The van der Waals surface area contributed by atoms with Crippen LogP contribution in [0.25, 0.3) is 0 Å². The molecule has 3 rings (SSSR count). The molecule has 0 unspecified atom stereocenters. The van der Waals surface area contributed by atoms with Crippen molar-refractivity contribution >= 4 is 5.91 Å². The van der Waals surface area contributed by atoms with Crippen molar-refractivity contribution < 1.29 is 23.0 Å². The second-order valence-electron chi connectivity index (χ2n) is 5.04. The van der Waals surface area contributed by atoms with Crippen LogP contribution < -0.4 is 0 Å². The van der Waals surface area contributed by atoms with Gasteiger partial charge in [0.15, 0.2) is 17.4 Å². The van der Waals surface area contributed by atoms with E-state index in [4.69, 9.17) is 9.47 Å². The molecule has 1 amide bonds. The smallest absolute Gasteiger partial charge is 0.257 e. The van der Waals surface area contributed by atoms with Gasteiger partial charge in [0.1, 0.15) is 0 Å². The number of likely N-dealkylation sites (tertiary alicyclic amines) is 1. The number of halogens is 2. The molecule has 20 heavy (non-hydrogen) atoms. The van der Waals surface area contributed by atoms with Crippen molar-refractivity contribution in [1.82, 2.24) is 4.90 Å². The SMILES string of the molecule is O=C(c1cccc(F)c1F)N1CCCC2(C1)OCCO2. The Morgan fingerprint density at radius 2 is 2.00 bits per heavy atom. The quantitative estimate of drug-likeness (QED) is 0.790. The van der Waals surface area contributed by atoms with E-state index < -0.39 is 23.3 Å². The van der Waals surface area contributed by atoms with Gasteiger partial charge in [-0.15, -0.1) is 0 Å². The topological polar surface area (TPSA) is 38.8 Å². The summed E-state index contributed by atoms with van der Waals surface area (Å²) in [6.45, 7) is 1.73. The van der Waals surface area contributed by atoms with Crippen molar-refractivity contribution in [3.63, 3.8) is 0 Å². The monoisotopic (exact) mass is 283 g/mol. The molecule has 1 aromatic rings. The Balaban J connectivity index is 1.81. The molecule has 2 fully saturated rings. The molecule has 2 aliphatic heterocycles. The fourth-order valence-electron chi connectivity index (χ4n) is 2.73. The normalized spacial score (nSPS) is 21.4. The number of piperidine rings is 1. The Morgan fingerprint density at radius 1 is 1.25 bits per heavy atom. The largest absolute Gasteiger partial charge is 0.346 e. The lowest BCUT2D eigenvalue weighted by Gasteiger charge is -2.38. The molecule has 108 valence electrons. The fourth-order valence-corrected chi connectivity index (χ4v) is 2.73. The Morgan fingerprint density at radius 3 is 2.75 bits per heavy atom.